The maximum Gasteiger partial charge on any atom is 0.0839 e. The van der Waals surface area contributed by atoms with Crippen molar-refractivity contribution in [3.63, 3.8) is 0 Å². The van der Waals surface area contributed by atoms with Crippen LogP contribution >= 0.6 is 0 Å². The molecule has 0 aliphatic heterocycles. The number of hydrogen-bond acceptors (Lipinski definition) is 10. The van der Waals surface area contributed by atoms with Gasteiger partial charge in [0.15, 0.2) is 0 Å². The largest absolute Gasteiger partial charge is 0.760 e. The van der Waals surface area contributed by atoms with Crippen LogP contribution in [0, 0.1) is 10.4 Å². The van der Waals surface area contributed by atoms with Gasteiger partial charge in [-0.15, -0.1) is 0 Å². The SMILES string of the molecule is C=NN(ON([O-])C1CCC(N([O-])ON(N)c2ccccc2)CC1)C1CC=CCC1. The second-order valence-corrected chi connectivity index (χ2v) is 7.24. The first-order valence-electron chi connectivity index (χ1n) is 9.88. The fourth-order valence-corrected chi connectivity index (χ4v) is 3.59. The van der Waals surface area contributed by atoms with Gasteiger partial charge in [0.05, 0.1) is 11.7 Å². The summed E-state index contributed by atoms with van der Waals surface area (Å²) in [6.07, 6.45) is 8.68. The number of nitrogens with zero attached hydrogens (tertiary/aromatic N) is 5. The minimum absolute atomic E-state index is 0.00402. The van der Waals surface area contributed by atoms with Crippen molar-refractivity contribution in [2.45, 2.75) is 63.1 Å². The number of hydrogen-bond donors (Lipinski definition) is 1. The van der Waals surface area contributed by atoms with Gasteiger partial charge in [-0.1, -0.05) is 30.4 Å². The van der Waals surface area contributed by atoms with Crippen LogP contribution in [0.5, 0.6) is 0 Å². The van der Waals surface area contributed by atoms with Crippen molar-refractivity contribution in [3.05, 3.63) is 52.9 Å². The molecule has 2 aliphatic rings. The highest BCUT2D eigenvalue weighted by atomic mass is 17.0. The second-order valence-electron chi connectivity index (χ2n) is 7.24. The van der Waals surface area contributed by atoms with Gasteiger partial charge < -0.3 is 10.4 Å². The van der Waals surface area contributed by atoms with Crippen LogP contribution in [0.15, 0.2) is 47.6 Å². The van der Waals surface area contributed by atoms with Gasteiger partial charge in [0, 0.05) is 18.8 Å². The number of allylic oxidation sites excluding steroid dienone is 1. The van der Waals surface area contributed by atoms with Crippen LogP contribution in [0.3, 0.4) is 0 Å². The van der Waals surface area contributed by atoms with E-state index in [1.165, 1.54) is 5.17 Å². The molecule has 1 aromatic carbocycles. The Bertz CT molecular complexity index is 655. The molecule has 3 rings (SSSR count). The number of para-hydroxylation sites is 1. The average Bonchev–Trinajstić information content (AvgIpc) is 2.78. The van der Waals surface area contributed by atoms with E-state index in [9.17, 15) is 10.4 Å². The minimum Gasteiger partial charge on any atom is -0.760 e. The second kappa shape index (κ2) is 10.6. The highest BCUT2D eigenvalue weighted by Crippen LogP contribution is 2.28. The van der Waals surface area contributed by atoms with Crippen LogP contribution < -0.4 is 11.0 Å². The van der Waals surface area contributed by atoms with E-state index in [0.717, 1.165) is 24.4 Å². The Morgan fingerprint density at radius 3 is 2.07 bits per heavy atom. The molecule has 29 heavy (non-hydrogen) atoms. The molecule has 2 N–H and O–H groups in total. The average molecular weight is 404 g/mol. The van der Waals surface area contributed by atoms with Crippen LogP contribution in [-0.4, -0.2) is 40.5 Å². The maximum atomic E-state index is 12.4. The highest BCUT2D eigenvalue weighted by Gasteiger charge is 2.27. The Morgan fingerprint density at radius 1 is 0.897 bits per heavy atom. The molecule has 1 atom stereocenters. The zero-order valence-corrected chi connectivity index (χ0v) is 16.4. The van der Waals surface area contributed by atoms with E-state index >= 15 is 0 Å². The van der Waals surface area contributed by atoms with Crippen molar-refractivity contribution in [2.75, 3.05) is 5.17 Å². The predicted octanol–water partition coefficient (Wildman–Crippen LogP) is 3.00. The van der Waals surface area contributed by atoms with Crippen molar-refractivity contribution in [3.8, 4) is 0 Å². The number of hydrazine groups is 1. The Hall–Kier alpha value is -2.05. The van der Waals surface area contributed by atoms with Crippen LogP contribution in [-0.2, 0) is 9.88 Å². The van der Waals surface area contributed by atoms with E-state index in [-0.39, 0.29) is 18.1 Å². The fraction of sp³-hybridized carbons (Fsp3) is 0.526. The maximum absolute atomic E-state index is 12.4. The zero-order valence-electron chi connectivity index (χ0n) is 16.4. The van der Waals surface area contributed by atoms with Crippen molar-refractivity contribution in [1.82, 2.24) is 15.6 Å². The summed E-state index contributed by atoms with van der Waals surface area (Å²) in [4.78, 5) is 10.6. The number of hydrazone groups is 1. The monoisotopic (exact) mass is 404 g/mol. The van der Waals surface area contributed by atoms with Gasteiger partial charge in [-0.2, -0.15) is 25.3 Å². The van der Waals surface area contributed by atoms with Gasteiger partial charge in [-0.3, -0.25) is 0 Å². The third kappa shape index (κ3) is 5.97. The summed E-state index contributed by atoms with van der Waals surface area (Å²) in [5, 5.41) is 31.9. The number of hydroxylamine groups is 5. The fourth-order valence-electron chi connectivity index (χ4n) is 3.59. The molecule has 0 radical (unpaired) electrons. The molecule has 0 aromatic heterocycles. The van der Waals surface area contributed by atoms with Crippen LogP contribution in [0.2, 0.25) is 0 Å². The third-order valence-electron chi connectivity index (χ3n) is 5.30. The first-order valence-corrected chi connectivity index (χ1v) is 9.88. The first kappa shape index (κ1) is 21.7. The summed E-state index contributed by atoms with van der Waals surface area (Å²) in [6, 6.07) is 8.18. The number of rotatable bonds is 9. The Morgan fingerprint density at radius 2 is 1.52 bits per heavy atom. The molecule has 10 heteroatoms. The standard InChI is InChI=1S/C19H28N6O4/c1-21-23(17-10-6-3-7-11-17)29-25(27)19-14-12-18(13-15-19)24(26)28-22(20)16-8-4-2-5-9-16/h2-6,8-9,17-19H,1,7,10-15,20H2/q-2. The van der Waals surface area contributed by atoms with Gasteiger partial charge in [0.2, 0.25) is 0 Å². The summed E-state index contributed by atoms with van der Waals surface area (Å²) in [7, 11) is 0. The van der Waals surface area contributed by atoms with E-state index in [2.05, 4.69) is 24.0 Å². The Kier molecular flexibility index (Phi) is 7.95. The predicted molar refractivity (Wildman–Crippen MR) is 110 cm³/mol. The van der Waals surface area contributed by atoms with Gasteiger partial charge in [-0.05, 0) is 57.1 Å². The highest BCUT2D eigenvalue weighted by molar-refractivity contribution is 5.41. The van der Waals surface area contributed by atoms with Gasteiger partial charge in [-0.25, -0.2) is 16.3 Å². The molecule has 2 aliphatic carbocycles. The van der Waals surface area contributed by atoms with Crippen LogP contribution in [0.1, 0.15) is 44.9 Å². The molecular formula is C19H28N6O4-2. The summed E-state index contributed by atoms with van der Waals surface area (Å²) in [5.41, 5.74) is 0.566. The smallest absolute Gasteiger partial charge is 0.0839 e. The quantitative estimate of drug-likeness (QED) is 0.287. The summed E-state index contributed by atoms with van der Waals surface area (Å²) in [6.45, 7) is 3.50. The summed E-state index contributed by atoms with van der Waals surface area (Å²) >= 11 is 0. The molecule has 0 bridgehead atoms. The molecule has 0 spiro atoms. The van der Waals surface area contributed by atoms with Gasteiger partial charge in [0.25, 0.3) is 0 Å². The molecule has 1 aromatic rings. The number of anilines is 1. The van der Waals surface area contributed by atoms with Crippen LogP contribution in [0.25, 0.3) is 0 Å². The van der Waals surface area contributed by atoms with Crippen molar-refractivity contribution in [2.24, 2.45) is 10.9 Å². The van der Waals surface area contributed by atoms with Crippen molar-refractivity contribution in [1.29, 1.82) is 0 Å². The van der Waals surface area contributed by atoms with E-state index in [1.54, 1.807) is 24.3 Å². The number of benzene rings is 1. The molecule has 160 valence electrons. The Labute approximate surface area is 170 Å². The summed E-state index contributed by atoms with van der Waals surface area (Å²) in [5.74, 6) is 5.78. The van der Waals surface area contributed by atoms with Gasteiger partial charge >= 0.3 is 0 Å². The minimum atomic E-state index is -0.383. The molecule has 1 fully saturated rings. The van der Waals surface area contributed by atoms with Crippen molar-refractivity contribution < 1.29 is 9.88 Å². The molecule has 10 nitrogen and oxygen atoms in total. The molecular weight excluding hydrogens is 376 g/mol. The lowest BCUT2D eigenvalue weighted by Gasteiger charge is -2.45. The lowest BCUT2D eigenvalue weighted by Crippen LogP contribution is -2.46. The van der Waals surface area contributed by atoms with Gasteiger partial charge in [0.1, 0.15) is 0 Å². The molecule has 0 saturated heterocycles. The lowest BCUT2D eigenvalue weighted by molar-refractivity contribution is -0.337. The zero-order chi connectivity index (χ0) is 20.6. The Balaban J connectivity index is 1.44. The first-order chi connectivity index (χ1) is 14.1. The van der Waals surface area contributed by atoms with E-state index < -0.39 is 0 Å². The molecule has 0 heterocycles. The lowest BCUT2D eigenvalue weighted by atomic mass is 9.92. The van der Waals surface area contributed by atoms with E-state index in [1.807, 2.05) is 6.07 Å². The number of nitrogens with two attached hydrogens (primary N) is 1. The molecule has 1 unspecified atom stereocenters. The third-order valence-corrected chi connectivity index (χ3v) is 5.30. The normalized spacial score (nSPS) is 24.7. The van der Waals surface area contributed by atoms with Crippen LogP contribution in [0.4, 0.5) is 5.69 Å². The topological polar surface area (TPSA) is 116 Å². The van der Waals surface area contributed by atoms with E-state index in [0.29, 0.717) is 41.8 Å². The molecule has 0 amide bonds. The van der Waals surface area contributed by atoms with E-state index in [4.69, 9.17) is 15.7 Å². The summed E-state index contributed by atoms with van der Waals surface area (Å²) < 4.78 is 0. The van der Waals surface area contributed by atoms with Crippen molar-refractivity contribution >= 4 is 12.4 Å². The molecule has 1 saturated carbocycles.